The SMILES string of the molecule is CC(C)N1CCC(NC(=O)c2cc(F)ccc2-c2cccc(C(F)(F)F)c2)CC1. The zero-order valence-electron chi connectivity index (χ0n) is 16.4. The Labute approximate surface area is 167 Å². The second-order valence-corrected chi connectivity index (χ2v) is 7.65. The van der Waals surface area contributed by atoms with Crippen LogP contribution in [0.25, 0.3) is 11.1 Å². The molecule has 7 heteroatoms. The predicted molar refractivity (Wildman–Crippen MR) is 104 cm³/mol. The van der Waals surface area contributed by atoms with E-state index in [9.17, 15) is 22.4 Å². The maximum atomic E-state index is 13.8. The van der Waals surface area contributed by atoms with E-state index in [-0.39, 0.29) is 22.7 Å². The lowest BCUT2D eigenvalue weighted by Crippen LogP contribution is -2.46. The van der Waals surface area contributed by atoms with Gasteiger partial charge < -0.3 is 10.2 Å². The lowest BCUT2D eigenvalue weighted by Gasteiger charge is -2.35. The molecule has 0 spiro atoms. The summed E-state index contributed by atoms with van der Waals surface area (Å²) in [5.41, 5.74) is -0.281. The van der Waals surface area contributed by atoms with Gasteiger partial charge in [-0.25, -0.2) is 4.39 Å². The first-order valence-corrected chi connectivity index (χ1v) is 9.67. The fourth-order valence-electron chi connectivity index (χ4n) is 3.64. The molecule has 0 radical (unpaired) electrons. The Morgan fingerprint density at radius 3 is 2.41 bits per heavy atom. The van der Waals surface area contributed by atoms with Gasteiger partial charge in [0.15, 0.2) is 0 Å². The van der Waals surface area contributed by atoms with Crippen molar-refractivity contribution in [1.29, 1.82) is 0 Å². The van der Waals surface area contributed by atoms with Gasteiger partial charge in [-0.05, 0) is 62.1 Å². The average Bonchev–Trinajstić information content (AvgIpc) is 2.67. The summed E-state index contributed by atoms with van der Waals surface area (Å²) in [6.45, 7) is 5.94. The summed E-state index contributed by atoms with van der Waals surface area (Å²) in [6, 6.07) is 8.67. The number of benzene rings is 2. The van der Waals surface area contributed by atoms with E-state index >= 15 is 0 Å². The Morgan fingerprint density at radius 2 is 1.79 bits per heavy atom. The number of hydrogen-bond donors (Lipinski definition) is 1. The highest BCUT2D eigenvalue weighted by Gasteiger charge is 2.31. The van der Waals surface area contributed by atoms with Crippen LogP contribution in [0.2, 0.25) is 0 Å². The smallest absolute Gasteiger partial charge is 0.349 e. The molecule has 1 aliphatic heterocycles. The molecule has 0 atom stereocenters. The van der Waals surface area contributed by atoms with E-state index in [0.29, 0.717) is 6.04 Å². The summed E-state index contributed by atoms with van der Waals surface area (Å²) in [6.07, 6.45) is -2.95. The largest absolute Gasteiger partial charge is 0.416 e. The first kappa shape index (κ1) is 21.3. The number of nitrogens with zero attached hydrogens (tertiary/aromatic N) is 1. The standard InChI is InChI=1S/C22H24F4N2O/c1-14(2)28-10-8-18(9-11-28)27-21(29)20-13-17(23)6-7-19(20)15-4-3-5-16(12-15)22(24,25)26/h3-7,12-14,18H,8-11H2,1-2H3,(H,27,29). The quantitative estimate of drug-likeness (QED) is 0.713. The summed E-state index contributed by atoms with van der Waals surface area (Å²) in [4.78, 5) is 15.2. The number of likely N-dealkylation sites (tertiary alicyclic amines) is 1. The van der Waals surface area contributed by atoms with Gasteiger partial charge in [0, 0.05) is 25.2 Å². The highest BCUT2D eigenvalue weighted by atomic mass is 19.4. The number of amides is 1. The van der Waals surface area contributed by atoms with Gasteiger partial charge in [-0.15, -0.1) is 0 Å². The van der Waals surface area contributed by atoms with Crippen LogP contribution < -0.4 is 5.32 Å². The lowest BCUT2D eigenvalue weighted by molar-refractivity contribution is -0.137. The molecule has 1 fully saturated rings. The first-order valence-electron chi connectivity index (χ1n) is 9.67. The highest BCUT2D eigenvalue weighted by molar-refractivity contribution is 6.01. The topological polar surface area (TPSA) is 32.3 Å². The molecule has 0 saturated carbocycles. The zero-order chi connectivity index (χ0) is 21.2. The molecule has 1 aliphatic rings. The van der Waals surface area contributed by atoms with Crippen molar-refractivity contribution in [2.75, 3.05) is 13.1 Å². The number of alkyl halides is 3. The minimum Gasteiger partial charge on any atom is -0.349 e. The molecule has 29 heavy (non-hydrogen) atoms. The third-order valence-electron chi connectivity index (χ3n) is 5.32. The van der Waals surface area contributed by atoms with Crippen molar-refractivity contribution >= 4 is 5.91 Å². The molecular weight excluding hydrogens is 384 g/mol. The predicted octanol–water partition coefficient (Wildman–Crippen LogP) is 5.11. The molecule has 3 nitrogen and oxygen atoms in total. The van der Waals surface area contributed by atoms with Crippen molar-refractivity contribution in [3.8, 4) is 11.1 Å². The Morgan fingerprint density at radius 1 is 1.10 bits per heavy atom. The van der Waals surface area contributed by atoms with Crippen LogP contribution >= 0.6 is 0 Å². The number of rotatable bonds is 4. The molecule has 0 aliphatic carbocycles. The monoisotopic (exact) mass is 408 g/mol. The van der Waals surface area contributed by atoms with E-state index in [2.05, 4.69) is 24.1 Å². The summed E-state index contributed by atoms with van der Waals surface area (Å²) in [7, 11) is 0. The Bertz CT molecular complexity index is 871. The molecule has 1 amide bonds. The normalized spacial score (nSPS) is 16.2. The number of carbonyl (C=O) groups excluding carboxylic acids is 1. The van der Waals surface area contributed by atoms with Crippen molar-refractivity contribution in [3.05, 3.63) is 59.4 Å². The molecule has 0 bridgehead atoms. The molecule has 0 aromatic heterocycles. The van der Waals surface area contributed by atoms with Crippen LogP contribution in [0, 0.1) is 5.82 Å². The van der Waals surface area contributed by atoms with E-state index in [4.69, 9.17) is 0 Å². The average molecular weight is 408 g/mol. The van der Waals surface area contributed by atoms with Crippen LogP contribution in [-0.2, 0) is 6.18 Å². The molecule has 3 rings (SSSR count). The fourth-order valence-corrected chi connectivity index (χ4v) is 3.64. The number of piperidine rings is 1. The Balaban J connectivity index is 1.83. The number of nitrogens with one attached hydrogen (secondary N) is 1. The summed E-state index contributed by atoms with van der Waals surface area (Å²) in [5, 5.41) is 2.92. The lowest BCUT2D eigenvalue weighted by atomic mass is 9.96. The van der Waals surface area contributed by atoms with Gasteiger partial charge >= 0.3 is 6.18 Å². The van der Waals surface area contributed by atoms with E-state index in [1.165, 1.54) is 18.2 Å². The van der Waals surface area contributed by atoms with Crippen molar-refractivity contribution in [1.82, 2.24) is 10.2 Å². The van der Waals surface area contributed by atoms with Crippen LogP contribution in [0.5, 0.6) is 0 Å². The number of carbonyl (C=O) groups is 1. The van der Waals surface area contributed by atoms with Gasteiger partial charge in [-0.1, -0.05) is 18.2 Å². The van der Waals surface area contributed by atoms with Gasteiger partial charge in [0.25, 0.3) is 5.91 Å². The molecule has 1 N–H and O–H groups in total. The first-order chi connectivity index (χ1) is 13.6. The van der Waals surface area contributed by atoms with E-state index in [1.807, 2.05) is 0 Å². The van der Waals surface area contributed by atoms with Crippen LogP contribution in [0.15, 0.2) is 42.5 Å². The Kier molecular flexibility index (Phi) is 6.27. The molecule has 0 unspecified atom stereocenters. The van der Waals surface area contributed by atoms with E-state index in [1.54, 1.807) is 0 Å². The molecular formula is C22H24F4N2O. The van der Waals surface area contributed by atoms with E-state index < -0.39 is 23.5 Å². The van der Waals surface area contributed by atoms with Crippen LogP contribution in [0.4, 0.5) is 17.6 Å². The minimum atomic E-state index is -4.50. The summed E-state index contributed by atoms with van der Waals surface area (Å²) in [5.74, 6) is -1.08. The van der Waals surface area contributed by atoms with Crippen LogP contribution in [0.1, 0.15) is 42.6 Å². The summed E-state index contributed by atoms with van der Waals surface area (Å²) >= 11 is 0. The maximum Gasteiger partial charge on any atom is 0.416 e. The second-order valence-electron chi connectivity index (χ2n) is 7.65. The number of hydrogen-bond acceptors (Lipinski definition) is 2. The molecule has 2 aromatic rings. The maximum absolute atomic E-state index is 13.8. The van der Waals surface area contributed by atoms with Crippen molar-refractivity contribution in [2.45, 2.75) is 44.9 Å². The third-order valence-corrected chi connectivity index (χ3v) is 5.32. The van der Waals surface area contributed by atoms with Crippen molar-refractivity contribution < 1.29 is 22.4 Å². The van der Waals surface area contributed by atoms with Gasteiger partial charge in [0.05, 0.1) is 11.1 Å². The Hall–Kier alpha value is -2.41. The molecule has 2 aromatic carbocycles. The van der Waals surface area contributed by atoms with Gasteiger partial charge in [0.2, 0.25) is 0 Å². The highest BCUT2D eigenvalue weighted by Crippen LogP contribution is 2.33. The zero-order valence-corrected chi connectivity index (χ0v) is 16.4. The second kappa shape index (κ2) is 8.53. The fraction of sp³-hybridized carbons (Fsp3) is 0.409. The van der Waals surface area contributed by atoms with Gasteiger partial charge in [0.1, 0.15) is 5.82 Å². The minimum absolute atomic E-state index is 0.0376. The van der Waals surface area contributed by atoms with Crippen LogP contribution in [0.3, 0.4) is 0 Å². The molecule has 156 valence electrons. The van der Waals surface area contributed by atoms with Gasteiger partial charge in [-0.3, -0.25) is 4.79 Å². The van der Waals surface area contributed by atoms with E-state index in [0.717, 1.165) is 50.2 Å². The van der Waals surface area contributed by atoms with Crippen molar-refractivity contribution in [3.63, 3.8) is 0 Å². The third kappa shape index (κ3) is 5.15. The molecule has 1 saturated heterocycles. The molecule has 1 heterocycles. The van der Waals surface area contributed by atoms with Crippen LogP contribution in [-0.4, -0.2) is 36.0 Å². The summed E-state index contributed by atoms with van der Waals surface area (Å²) < 4.78 is 53.0. The van der Waals surface area contributed by atoms with Gasteiger partial charge in [-0.2, -0.15) is 13.2 Å². The number of halogens is 4. The van der Waals surface area contributed by atoms with Crippen molar-refractivity contribution in [2.24, 2.45) is 0 Å².